The van der Waals surface area contributed by atoms with Gasteiger partial charge in [0.15, 0.2) is 6.29 Å². The fourth-order valence-corrected chi connectivity index (χ4v) is 2.25. The predicted octanol–water partition coefficient (Wildman–Crippen LogP) is 2.15. The fourth-order valence-electron chi connectivity index (χ4n) is 2.25. The number of amidine groups is 1. The summed E-state index contributed by atoms with van der Waals surface area (Å²) in [7, 11) is 0. The third-order valence-corrected chi connectivity index (χ3v) is 3.33. The van der Waals surface area contributed by atoms with Crippen LogP contribution in [0.5, 0.6) is 0 Å². The lowest BCUT2D eigenvalue weighted by Crippen LogP contribution is -2.13. The standard InChI is InChI=1S/C16H13N5O/c17-10-20-15(18)12-1-3-14(4-2-12)21-6-5-13-7-11(9-22)8-19-16(13)21/h1-10H,(H3,17,18,20). The molecule has 0 aliphatic rings. The van der Waals surface area contributed by atoms with Gasteiger partial charge in [-0.2, -0.15) is 0 Å². The number of hydrogen-bond acceptors (Lipinski definition) is 3. The molecule has 3 rings (SSSR count). The van der Waals surface area contributed by atoms with Crippen LogP contribution in [-0.4, -0.2) is 28.0 Å². The zero-order valence-electron chi connectivity index (χ0n) is 11.6. The molecule has 0 atom stereocenters. The van der Waals surface area contributed by atoms with E-state index in [1.165, 1.54) is 0 Å². The molecule has 6 heteroatoms. The van der Waals surface area contributed by atoms with Crippen LogP contribution >= 0.6 is 0 Å². The number of pyridine rings is 1. The molecule has 108 valence electrons. The van der Waals surface area contributed by atoms with Crippen molar-refractivity contribution in [3.8, 4) is 5.69 Å². The number of aromatic nitrogens is 2. The Kier molecular flexibility index (Phi) is 3.49. The molecule has 6 nitrogen and oxygen atoms in total. The normalized spacial score (nSPS) is 11.5. The Balaban J connectivity index is 2.02. The second-order valence-corrected chi connectivity index (χ2v) is 4.68. The second kappa shape index (κ2) is 5.61. The number of carbonyl (C=O) groups excluding carboxylic acids is 1. The maximum absolute atomic E-state index is 10.8. The first-order chi connectivity index (χ1) is 10.7. The summed E-state index contributed by atoms with van der Waals surface area (Å²) in [6, 6.07) is 11.2. The highest BCUT2D eigenvalue weighted by Gasteiger charge is 2.06. The van der Waals surface area contributed by atoms with E-state index >= 15 is 0 Å². The molecule has 0 spiro atoms. The van der Waals surface area contributed by atoms with Gasteiger partial charge in [-0.05, 0) is 36.4 Å². The van der Waals surface area contributed by atoms with Crippen LogP contribution in [0.15, 0.2) is 53.8 Å². The number of aliphatic imine (C=N–C) groups is 1. The summed E-state index contributed by atoms with van der Waals surface area (Å²) >= 11 is 0. The number of aldehydes is 1. The smallest absolute Gasteiger partial charge is 0.151 e. The Morgan fingerprint density at radius 3 is 2.73 bits per heavy atom. The monoisotopic (exact) mass is 291 g/mol. The summed E-state index contributed by atoms with van der Waals surface area (Å²) in [6.07, 6.45) is 5.15. The fraction of sp³-hybridized carbons (Fsp3) is 0. The van der Waals surface area contributed by atoms with E-state index in [4.69, 9.17) is 11.1 Å². The van der Waals surface area contributed by atoms with Gasteiger partial charge in [-0.1, -0.05) is 0 Å². The van der Waals surface area contributed by atoms with Gasteiger partial charge in [-0.3, -0.25) is 10.2 Å². The Bertz CT molecular complexity index is 877. The van der Waals surface area contributed by atoms with Gasteiger partial charge in [-0.15, -0.1) is 0 Å². The Morgan fingerprint density at radius 2 is 2.05 bits per heavy atom. The minimum Gasteiger partial charge on any atom is -0.383 e. The van der Waals surface area contributed by atoms with E-state index in [1.54, 1.807) is 12.3 Å². The van der Waals surface area contributed by atoms with Gasteiger partial charge in [-0.25, -0.2) is 9.98 Å². The highest BCUT2D eigenvalue weighted by Crippen LogP contribution is 2.19. The molecule has 2 aromatic heterocycles. The number of nitrogens with one attached hydrogen (secondary N) is 1. The van der Waals surface area contributed by atoms with Gasteiger partial charge in [0.1, 0.15) is 17.8 Å². The van der Waals surface area contributed by atoms with Crippen LogP contribution in [0.25, 0.3) is 16.7 Å². The molecule has 2 heterocycles. The van der Waals surface area contributed by atoms with Crippen molar-refractivity contribution in [2.75, 3.05) is 0 Å². The van der Waals surface area contributed by atoms with E-state index in [-0.39, 0.29) is 0 Å². The summed E-state index contributed by atoms with van der Waals surface area (Å²) in [6.45, 7) is 0. The van der Waals surface area contributed by atoms with Crippen molar-refractivity contribution in [3.05, 3.63) is 59.9 Å². The average Bonchev–Trinajstić information content (AvgIpc) is 2.98. The second-order valence-electron chi connectivity index (χ2n) is 4.68. The third-order valence-electron chi connectivity index (χ3n) is 3.33. The molecule has 0 fully saturated rings. The molecule has 0 saturated carbocycles. The summed E-state index contributed by atoms with van der Waals surface area (Å²) in [4.78, 5) is 18.9. The summed E-state index contributed by atoms with van der Waals surface area (Å²) < 4.78 is 1.93. The zero-order valence-corrected chi connectivity index (χ0v) is 11.6. The first-order valence-electron chi connectivity index (χ1n) is 6.58. The average molecular weight is 291 g/mol. The first-order valence-corrected chi connectivity index (χ1v) is 6.58. The Morgan fingerprint density at radius 1 is 1.27 bits per heavy atom. The van der Waals surface area contributed by atoms with Gasteiger partial charge >= 0.3 is 0 Å². The molecule has 0 unspecified atom stereocenters. The predicted molar refractivity (Wildman–Crippen MR) is 86.0 cm³/mol. The molecule has 0 aliphatic heterocycles. The van der Waals surface area contributed by atoms with Crippen LogP contribution in [0, 0.1) is 5.41 Å². The molecule has 3 N–H and O–H groups in total. The van der Waals surface area contributed by atoms with Crippen molar-refractivity contribution in [1.29, 1.82) is 5.41 Å². The minimum atomic E-state index is 0.299. The number of benzene rings is 1. The minimum absolute atomic E-state index is 0.299. The van der Waals surface area contributed by atoms with E-state index in [2.05, 4.69) is 9.98 Å². The van der Waals surface area contributed by atoms with Crippen molar-refractivity contribution in [1.82, 2.24) is 9.55 Å². The van der Waals surface area contributed by atoms with E-state index in [9.17, 15) is 4.79 Å². The molecule has 0 radical (unpaired) electrons. The third kappa shape index (κ3) is 2.37. The molecule has 0 amide bonds. The first kappa shape index (κ1) is 13.7. The molecule has 0 bridgehead atoms. The van der Waals surface area contributed by atoms with Crippen molar-refractivity contribution < 1.29 is 4.79 Å². The van der Waals surface area contributed by atoms with E-state index in [0.29, 0.717) is 11.4 Å². The maximum atomic E-state index is 10.8. The summed E-state index contributed by atoms with van der Waals surface area (Å²) in [5, 5.41) is 7.83. The summed E-state index contributed by atoms with van der Waals surface area (Å²) in [5.41, 5.74) is 8.75. The van der Waals surface area contributed by atoms with Crippen molar-refractivity contribution in [2.24, 2.45) is 10.7 Å². The van der Waals surface area contributed by atoms with Crippen LogP contribution in [-0.2, 0) is 0 Å². The maximum Gasteiger partial charge on any atom is 0.151 e. The molecule has 22 heavy (non-hydrogen) atoms. The number of fused-ring (bicyclic) bond motifs is 1. The number of rotatable bonds is 4. The van der Waals surface area contributed by atoms with E-state index < -0.39 is 0 Å². The highest BCUT2D eigenvalue weighted by atomic mass is 16.1. The van der Waals surface area contributed by atoms with Crippen LogP contribution in [0.3, 0.4) is 0 Å². The zero-order chi connectivity index (χ0) is 15.5. The van der Waals surface area contributed by atoms with Crippen LogP contribution < -0.4 is 5.73 Å². The molecular weight excluding hydrogens is 278 g/mol. The largest absolute Gasteiger partial charge is 0.383 e. The number of nitrogens with zero attached hydrogens (tertiary/aromatic N) is 3. The van der Waals surface area contributed by atoms with Gasteiger partial charge in [0.2, 0.25) is 0 Å². The lowest BCUT2D eigenvalue weighted by atomic mass is 10.2. The Labute approximate surface area is 126 Å². The van der Waals surface area contributed by atoms with Gasteiger partial charge in [0, 0.05) is 34.6 Å². The van der Waals surface area contributed by atoms with Crippen LogP contribution in [0.4, 0.5) is 0 Å². The van der Waals surface area contributed by atoms with Gasteiger partial charge in [0.25, 0.3) is 0 Å². The van der Waals surface area contributed by atoms with Crippen LogP contribution in [0.1, 0.15) is 15.9 Å². The van der Waals surface area contributed by atoms with Crippen molar-refractivity contribution >= 4 is 29.5 Å². The van der Waals surface area contributed by atoms with E-state index in [1.807, 2.05) is 41.1 Å². The molecule has 0 aliphatic carbocycles. The topological polar surface area (TPSA) is 97.1 Å². The molecule has 1 aromatic carbocycles. The van der Waals surface area contributed by atoms with Crippen molar-refractivity contribution in [3.63, 3.8) is 0 Å². The van der Waals surface area contributed by atoms with Gasteiger partial charge < -0.3 is 10.3 Å². The number of carbonyl (C=O) groups is 1. The Hall–Kier alpha value is -3.28. The lowest BCUT2D eigenvalue weighted by molar-refractivity contribution is 0.112. The number of hydrogen-bond donors (Lipinski definition) is 2. The van der Waals surface area contributed by atoms with E-state index in [0.717, 1.165) is 34.9 Å². The lowest BCUT2D eigenvalue weighted by Gasteiger charge is -2.06. The SMILES string of the molecule is N=CN=C(N)c1ccc(-n2ccc3cc(C=O)cnc32)cc1. The quantitative estimate of drug-likeness (QED) is 0.438. The molecular formula is C16H13N5O. The van der Waals surface area contributed by atoms with Crippen LogP contribution in [0.2, 0.25) is 0 Å². The highest BCUT2D eigenvalue weighted by molar-refractivity contribution is 6.01. The summed E-state index contributed by atoms with van der Waals surface area (Å²) in [5.74, 6) is 0.299. The van der Waals surface area contributed by atoms with Gasteiger partial charge in [0.05, 0.1) is 0 Å². The number of nitrogens with two attached hydrogens (primary N) is 1. The van der Waals surface area contributed by atoms with Crippen molar-refractivity contribution in [2.45, 2.75) is 0 Å². The molecule has 3 aromatic rings. The molecule has 0 saturated heterocycles.